The first-order chi connectivity index (χ1) is 18.6. The highest BCUT2D eigenvalue weighted by Gasteiger charge is 2.32. The second-order valence-corrected chi connectivity index (χ2v) is 9.51. The molecule has 0 spiro atoms. The van der Waals surface area contributed by atoms with E-state index >= 15 is 0 Å². The Bertz CT molecular complexity index is 1190. The molecule has 1 aliphatic rings. The molecule has 4 rings (SSSR count). The molecule has 0 aliphatic heterocycles. The van der Waals surface area contributed by atoms with E-state index in [0.717, 1.165) is 36.8 Å². The maximum Gasteiger partial charge on any atom is 0.261 e. The van der Waals surface area contributed by atoms with Gasteiger partial charge in [-0.25, -0.2) is 0 Å². The average molecular weight is 517 g/mol. The fourth-order valence-corrected chi connectivity index (χ4v) is 4.85. The molecule has 7 heteroatoms. The van der Waals surface area contributed by atoms with Crippen LogP contribution in [0.1, 0.15) is 36.8 Å². The zero-order chi connectivity index (χ0) is 26.7. The summed E-state index contributed by atoms with van der Waals surface area (Å²) in [5.41, 5.74) is 1.84. The summed E-state index contributed by atoms with van der Waals surface area (Å²) < 4.78 is 16.7. The smallest absolute Gasteiger partial charge is 0.261 e. The highest BCUT2D eigenvalue weighted by Crippen LogP contribution is 2.26. The van der Waals surface area contributed by atoms with Gasteiger partial charge in [0.25, 0.3) is 5.91 Å². The van der Waals surface area contributed by atoms with Gasteiger partial charge in [0.05, 0.1) is 14.2 Å². The van der Waals surface area contributed by atoms with Crippen LogP contribution in [0.5, 0.6) is 17.2 Å². The number of methoxy groups -OCH3 is 2. The third-order valence-corrected chi connectivity index (χ3v) is 6.88. The zero-order valence-electron chi connectivity index (χ0n) is 22.1. The van der Waals surface area contributed by atoms with Crippen LogP contribution in [0.4, 0.5) is 0 Å². The van der Waals surface area contributed by atoms with Gasteiger partial charge in [-0.05, 0) is 48.2 Å². The Hall–Kier alpha value is -4.00. The first-order valence-corrected chi connectivity index (χ1v) is 13.1. The van der Waals surface area contributed by atoms with Crippen molar-refractivity contribution in [2.24, 2.45) is 0 Å². The zero-order valence-corrected chi connectivity index (χ0v) is 22.1. The lowest BCUT2D eigenvalue weighted by Gasteiger charge is -2.32. The Morgan fingerprint density at radius 1 is 0.868 bits per heavy atom. The number of hydrogen-bond donors (Lipinski definition) is 1. The molecule has 1 aliphatic carbocycles. The van der Waals surface area contributed by atoms with Crippen LogP contribution in [-0.4, -0.2) is 49.6 Å². The van der Waals surface area contributed by atoms with Crippen LogP contribution in [-0.2, 0) is 22.6 Å². The highest BCUT2D eigenvalue weighted by atomic mass is 16.5. The van der Waals surface area contributed by atoms with Crippen LogP contribution in [0.15, 0.2) is 78.9 Å². The summed E-state index contributed by atoms with van der Waals surface area (Å²) >= 11 is 0. The number of hydrogen-bond acceptors (Lipinski definition) is 5. The fourth-order valence-electron chi connectivity index (χ4n) is 4.85. The SMILES string of the molecule is COc1cccc(CN(C(=O)COc2ccccc2OC)C(Cc2ccccc2)C(=O)NC2CCCC2)c1. The highest BCUT2D eigenvalue weighted by molar-refractivity contribution is 5.88. The van der Waals surface area contributed by atoms with E-state index in [1.165, 1.54) is 0 Å². The number of carbonyl (C=O) groups is 2. The molecule has 1 unspecified atom stereocenters. The van der Waals surface area contributed by atoms with Crippen molar-refractivity contribution in [3.05, 3.63) is 90.0 Å². The number of para-hydroxylation sites is 2. The van der Waals surface area contributed by atoms with Crippen molar-refractivity contribution < 1.29 is 23.8 Å². The summed E-state index contributed by atoms with van der Waals surface area (Å²) in [5.74, 6) is 1.27. The van der Waals surface area contributed by atoms with Gasteiger partial charge in [-0.2, -0.15) is 0 Å². The van der Waals surface area contributed by atoms with E-state index in [1.807, 2.05) is 66.7 Å². The summed E-state index contributed by atoms with van der Waals surface area (Å²) in [4.78, 5) is 29.2. The van der Waals surface area contributed by atoms with Crippen LogP contribution in [0.3, 0.4) is 0 Å². The predicted octanol–water partition coefficient (Wildman–Crippen LogP) is 4.78. The van der Waals surface area contributed by atoms with Gasteiger partial charge in [-0.15, -0.1) is 0 Å². The molecule has 0 bridgehead atoms. The molecule has 1 fully saturated rings. The normalized spacial score (nSPS) is 13.9. The Morgan fingerprint density at radius 2 is 1.55 bits per heavy atom. The standard InChI is InChI=1S/C31H36N2O5/c1-36-26-16-10-13-24(19-26)21-33(30(34)22-38-29-18-9-8-17-28(29)37-2)27(20-23-11-4-3-5-12-23)31(35)32-25-14-6-7-15-25/h3-5,8-13,16-19,25,27H,6-7,14-15,20-22H2,1-2H3,(H,32,35). The van der Waals surface area contributed by atoms with Crippen LogP contribution in [0.25, 0.3) is 0 Å². The van der Waals surface area contributed by atoms with Gasteiger partial charge in [-0.3, -0.25) is 9.59 Å². The summed E-state index contributed by atoms with van der Waals surface area (Å²) in [6, 6.07) is 24.0. The number of ether oxygens (including phenoxy) is 3. The Balaban J connectivity index is 1.63. The van der Waals surface area contributed by atoms with Crippen molar-refractivity contribution in [3.63, 3.8) is 0 Å². The van der Waals surface area contributed by atoms with Gasteiger partial charge in [0.15, 0.2) is 18.1 Å². The molecular weight excluding hydrogens is 480 g/mol. The molecule has 1 N–H and O–H groups in total. The predicted molar refractivity (Wildman–Crippen MR) is 146 cm³/mol. The lowest BCUT2D eigenvalue weighted by atomic mass is 10.0. The molecule has 1 saturated carbocycles. The van der Waals surface area contributed by atoms with E-state index in [2.05, 4.69) is 5.32 Å². The number of amides is 2. The molecule has 2 amide bonds. The summed E-state index contributed by atoms with van der Waals surface area (Å²) in [5, 5.41) is 3.22. The number of carbonyl (C=O) groups excluding carboxylic acids is 2. The minimum absolute atomic E-state index is 0.138. The molecule has 0 saturated heterocycles. The third kappa shape index (κ3) is 7.28. The van der Waals surface area contributed by atoms with Gasteiger partial charge in [0.1, 0.15) is 11.8 Å². The molecular formula is C31H36N2O5. The molecule has 1 atom stereocenters. The number of nitrogens with one attached hydrogen (secondary N) is 1. The summed E-state index contributed by atoms with van der Waals surface area (Å²) in [7, 11) is 3.17. The lowest BCUT2D eigenvalue weighted by molar-refractivity contribution is -0.143. The number of rotatable bonds is 12. The topological polar surface area (TPSA) is 77.1 Å². The van der Waals surface area contributed by atoms with Crippen molar-refractivity contribution in [2.75, 3.05) is 20.8 Å². The molecule has 0 radical (unpaired) electrons. The summed E-state index contributed by atoms with van der Waals surface area (Å²) in [6.07, 6.45) is 4.53. The molecule has 3 aromatic rings. The third-order valence-electron chi connectivity index (χ3n) is 6.88. The minimum Gasteiger partial charge on any atom is -0.497 e. The maximum absolute atomic E-state index is 13.8. The van der Waals surface area contributed by atoms with Crippen molar-refractivity contribution in [2.45, 2.75) is 50.7 Å². The second kappa shape index (κ2) is 13.5. The minimum atomic E-state index is -0.710. The molecule has 38 heavy (non-hydrogen) atoms. The maximum atomic E-state index is 13.8. The Labute approximate surface area is 224 Å². The van der Waals surface area contributed by atoms with Crippen molar-refractivity contribution in [1.82, 2.24) is 10.2 Å². The van der Waals surface area contributed by atoms with E-state index < -0.39 is 6.04 Å². The largest absolute Gasteiger partial charge is 0.497 e. The van der Waals surface area contributed by atoms with Crippen LogP contribution in [0, 0.1) is 0 Å². The van der Waals surface area contributed by atoms with Crippen LogP contribution < -0.4 is 19.5 Å². The van der Waals surface area contributed by atoms with Crippen LogP contribution in [0.2, 0.25) is 0 Å². The molecule has 7 nitrogen and oxygen atoms in total. The second-order valence-electron chi connectivity index (χ2n) is 9.51. The molecule has 3 aromatic carbocycles. The van der Waals surface area contributed by atoms with Crippen molar-refractivity contribution in [1.29, 1.82) is 0 Å². The van der Waals surface area contributed by atoms with E-state index in [-0.39, 0.29) is 31.0 Å². The molecule has 0 aromatic heterocycles. The van der Waals surface area contributed by atoms with Gasteiger partial charge in [0, 0.05) is 19.0 Å². The van der Waals surface area contributed by atoms with E-state index in [4.69, 9.17) is 14.2 Å². The number of nitrogens with zero attached hydrogens (tertiary/aromatic N) is 1. The van der Waals surface area contributed by atoms with E-state index in [9.17, 15) is 9.59 Å². The van der Waals surface area contributed by atoms with E-state index in [1.54, 1.807) is 31.3 Å². The first-order valence-electron chi connectivity index (χ1n) is 13.1. The van der Waals surface area contributed by atoms with Gasteiger partial charge in [-0.1, -0.05) is 67.4 Å². The average Bonchev–Trinajstić information content (AvgIpc) is 3.47. The monoisotopic (exact) mass is 516 g/mol. The van der Waals surface area contributed by atoms with Gasteiger partial charge in [0.2, 0.25) is 5.91 Å². The number of benzene rings is 3. The molecule has 200 valence electrons. The fraction of sp³-hybridized carbons (Fsp3) is 0.355. The Morgan fingerprint density at radius 3 is 2.26 bits per heavy atom. The summed E-state index contributed by atoms with van der Waals surface area (Å²) in [6.45, 7) is 0.00719. The van der Waals surface area contributed by atoms with E-state index in [0.29, 0.717) is 23.7 Å². The van der Waals surface area contributed by atoms with Gasteiger partial charge >= 0.3 is 0 Å². The van der Waals surface area contributed by atoms with Gasteiger partial charge < -0.3 is 24.4 Å². The van der Waals surface area contributed by atoms with Crippen molar-refractivity contribution in [3.8, 4) is 17.2 Å². The van der Waals surface area contributed by atoms with Crippen LogP contribution >= 0.6 is 0 Å². The quantitative estimate of drug-likeness (QED) is 0.375. The molecule has 0 heterocycles. The Kier molecular flexibility index (Phi) is 9.62. The lowest BCUT2D eigenvalue weighted by Crippen LogP contribution is -2.53. The first kappa shape index (κ1) is 27.0. The van der Waals surface area contributed by atoms with Crippen molar-refractivity contribution >= 4 is 11.8 Å².